The highest BCUT2D eigenvalue weighted by atomic mass is 19.2. The Morgan fingerprint density at radius 3 is 2.00 bits per heavy atom. The Balaban J connectivity index is 2.82. The molecule has 0 bridgehead atoms. The van der Waals surface area contributed by atoms with Crippen LogP contribution in [0.2, 0.25) is 0 Å². The Kier molecular flexibility index (Phi) is 5.48. The maximum Gasteiger partial charge on any atom is 0.330 e. The van der Waals surface area contributed by atoms with E-state index in [1.165, 1.54) is 0 Å². The molecule has 0 spiro atoms. The number of halogens is 5. The van der Waals surface area contributed by atoms with Gasteiger partial charge >= 0.3 is 5.97 Å². The molecule has 0 atom stereocenters. The minimum atomic E-state index is -2.27. The number of ether oxygens (including phenoxy) is 2. The molecule has 3 nitrogen and oxygen atoms in total. The molecule has 0 heterocycles. The van der Waals surface area contributed by atoms with Gasteiger partial charge in [-0.05, 0) is 13.0 Å². The molecule has 0 amide bonds. The van der Waals surface area contributed by atoms with Crippen molar-refractivity contribution in [2.75, 3.05) is 13.2 Å². The SMILES string of the molecule is CCOC(=O)/C=C/COc1c(F)c(F)c(F)c(F)c1F. The smallest absolute Gasteiger partial charge is 0.330 e. The van der Waals surface area contributed by atoms with Gasteiger partial charge < -0.3 is 9.47 Å². The Hall–Kier alpha value is -2.12. The molecule has 1 aromatic rings. The maximum atomic E-state index is 13.1. The molecule has 0 fully saturated rings. The lowest BCUT2D eigenvalue weighted by molar-refractivity contribution is -0.137. The summed E-state index contributed by atoms with van der Waals surface area (Å²) in [5.41, 5.74) is 0. The van der Waals surface area contributed by atoms with Crippen molar-refractivity contribution in [1.29, 1.82) is 0 Å². The van der Waals surface area contributed by atoms with E-state index in [4.69, 9.17) is 0 Å². The summed E-state index contributed by atoms with van der Waals surface area (Å²) in [5.74, 6) is -12.8. The molecular weight excluding hydrogens is 287 g/mol. The number of carbonyl (C=O) groups excluding carboxylic acids is 1. The number of carbonyl (C=O) groups is 1. The molecule has 0 unspecified atom stereocenters. The summed E-state index contributed by atoms with van der Waals surface area (Å²) in [7, 11) is 0. The van der Waals surface area contributed by atoms with Gasteiger partial charge in [-0.15, -0.1) is 0 Å². The summed E-state index contributed by atoms with van der Waals surface area (Å²) in [4.78, 5) is 10.9. The van der Waals surface area contributed by atoms with Crippen LogP contribution in [0.4, 0.5) is 22.0 Å². The lowest BCUT2D eigenvalue weighted by Gasteiger charge is -2.08. The molecule has 1 aromatic carbocycles. The fraction of sp³-hybridized carbons (Fsp3) is 0.250. The molecule has 1 rings (SSSR count). The Morgan fingerprint density at radius 2 is 1.50 bits per heavy atom. The first kappa shape index (κ1) is 15.9. The fourth-order valence-corrected chi connectivity index (χ4v) is 1.18. The first-order chi connectivity index (χ1) is 9.40. The quantitative estimate of drug-likeness (QED) is 0.275. The topological polar surface area (TPSA) is 35.5 Å². The summed E-state index contributed by atoms with van der Waals surface area (Å²) in [6.45, 7) is 1.12. The number of hydrogen-bond donors (Lipinski definition) is 0. The zero-order chi connectivity index (χ0) is 15.3. The van der Waals surface area contributed by atoms with Gasteiger partial charge in [-0.25, -0.2) is 18.0 Å². The number of hydrogen-bond acceptors (Lipinski definition) is 3. The van der Waals surface area contributed by atoms with Crippen molar-refractivity contribution in [1.82, 2.24) is 0 Å². The van der Waals surface area contributed by atoms with Gasteiger partial charge in [0.2, 0.25) is 29.1 Å². The predicted molar refractivity (Wildman–Crippen MR) is 57.5 cm³/mol. The molecule has 0 radical (unpaired) electrons. The highest BCUT2D eigenvalue weighted by molar-refractivity contribution is 5.81. The Labute approximate surface area is 110 Å². The third-order valence-electron chi connectivity index (χ3n) is 2.03. The van der Waals surface area contributed by atoms with Gasteiger partial charge in [0.15, 0.2) is 5.75 Å². The van der Waals surface area contributed by atoms with Crippen LogP contribution in [-0.4, -0.2) is 19.2 Å². The van der Waals surface area contributed by atoms with Crippen LogP contribution in [0.3, 0.4) is 0 Å². The van der Waals surface area contributed by atoms with E-state index in [0.717, 1.165) is 12.2 Å². The van der Waals surface area contributed by atoms with Crippen molar-refractivity contribution in [3.63, 3.8) is 0 Å². The van der Waals surface area contributed by atoms with Gasteiger partial charge in [0.1, 0.15) is 6.61 Å². The van der Waals surface area contributed by atoms with E-state index in [0.29, 0.717) is 0 Å². The molecule has 0 aliphatic carbocycles. The van der Waals surface area contributed by atoms with E-state index in [1.54, 1.807) is 6.92 Å². The second-order valence-corrected chi connectivity index (χ2v) is 3.36. The molecule has 0 N–H and O–H groups in total. The van der Waals surface area contributed by atoms with Crippen LogP contribution in [0.25, 0.3) is 0 Å². The molecule has 0 aliphatic rings. The van der Waals surface area contributed by atoms with Gasteiger partial charge in [0, 0.05) is 6.08 Å². The van der Waals surface area contributed by atoms with E-state index >= 15 is 0 Å². The van der Waals surface area contributed by atoms with Crippen molar-refractivity contribution in [2.45, 2.75) is 6.92 Å². The lowest BCUT2D eigenvalue weighted by atomic mass is 10.2. The van der Waals surface area contributed by atoms with Crippen molar-refractivity contribution in [2.24, 2.45) is 0 Å². The van der Waals surface area contributed by atoms with E-state index in [2.05, 4.69) is 9.47 Å². The first-order valence-corrected chi connectivity index (χ1v) is 5.37. The Morgan fingerprint density at radius 1 is 1.00 bits per heavy atom. The molecule has 110 valence electrons. The first-order valence-electron chi connectivity index (χ1n) is 5.37. The second-order valence-electron chi connectivity index (χ2n) is 3.36. The van der Waals surface area contributed by atoms with Crippen LogP contribution in [0.1, 0.15) is 6.92 Å². The summed E-state index contributed by atoms with van der Waals surface area (Å²) in [6.07, 6.45) is 1.91. The summed E-state index contributed by atoms with van der Waals surface area (Å²) >= 11 is 0. The van der Waals surface area contributed by atoms with Gasteiger partial charge in [-0.3, -0.25) is 0 Å². The molecule has 8 heteroatoms. The maximum absolute atomic E-state index is 13.1. The van der Waals surface area contributed by atoms with Crippen LogP contribution >= 0.6 is 0 Å². The third kappa shape index (κ3) is 3.46. The Bertz CT molecular complexity index is 513. The second kappa shape index (κ2) is 6.88. The lowest BCUT2D eigenvalue weighted by Crippen LogP contribution is -2.07. The highest BCUT2D eigenvalue weighted by Gasteiger charge is 2.26. The summed E-state index contributed by atoms with van der Waals surface area (Å²) in [5, 5.41) is 0. The van der Waals surface area contributed by atoms with E-state index in [9.17, 15) is 26.7 Å². The van der Waals surface area contributed by atoms with Crippen LogP contribution in [-0.2, 0) is 9.53 Å². The summed E-state index contributed by atoms with van der Waals surface area (Å²) < 4.78 is 73.5. The van der Waals surface area contributed by atoms with E-state index in [1.807, 2.05) is 0 Å². The molecule has 0 saturated carbocycles. The number of rotatable bonds is 5. The largest absolute Gasteiger partial charge is 0.483 e. The fourth-order valence-electron chi connectivity index (χ4n) is 1.18. The van der Waals surface area contributed by atoms with Crippen LogP contribution in [0.5, 0.6) is 5.75 Å². The van der Waals surface area contributed by atoms with Crippen molar-refractivity contribution in [3.05, 3.63) is 41.2 Å². The molecule has 0 saturated heterocycles. The van der Waals surface area contributed by atoms with Crippen LogP contribution in [0.15, 0.2) is 12.2 Å². The van der Waals surface area contributed by atoms with Crippen molar-refractivity contribution < 1.29 is 36.2 Å². The number of benzene rings is 1. The average Bonchev–Trinajstić information content (AvgIpc) is 2.42. The van der Waals surface area contributed by atoms with E-state index in [-0.39, 0.29) is 6.61 Å². The minimum Gasteiger partial charge on any atom is -0.483 e. The van der Waals surface area contributed by atoms with Crippen molar-refractivity contribution >= 4 is 5.97 Å². The average molecular weight is 296 g/mol. The third-order valence-corrected chi connectivity index (χ3v) is 2.03. The predicted octanol–water partition coefficient (Wildman–Crippen LogP) is 2.88. The zero-order valence-electron chi connectivity index (χ0n) is 10.2. The van der Waals surface area contributed by atoms with Crippen molar-refractivity contribution in [3.8, 4) is 5.75 Å². The number of esters is 1. The van der Waals surface area contributed by atoms with E-state index < -0.39 is 47.4 Å². The monoisotopic (exact) mass is 296 g/mol. The standard InChI is InChI=1S/C12H9F5O3/c1-2-19-6(18)4-3-5-20-12-10(16)8(14)7(13)9(15)11(12)17/h3-4H,2,5H2,1H3/b4-3+. The normalized spacial score (nSPS) is 10.9. The molecule has 0 aliphatic heterocycles. The van der Waals surface area contributed by atoms with Crippen LogP contribution in [0, 0.1) is 29.1 Å². The highest BCUT2D eigenvalue weighted by Crippen LogP contribution is 2.28. The van der Waals surface area contributed by atoms with Gasteiger partial charge in [-0.1, -0.05) is 0 Å². The van der Waals surface area contributed by atoms with Gasteiger partial charge in [-0.2, -0.15) is 8.78 Å². The molecular formula is C12H9F5O3. The van der Waals surface area contributed by atoms with Crippen LogP contribution < -0.4 is 4.74 Å². The minimum absolute atomic E-state index is 0.127. The van der Waals surface area contributed by atoms with Gasteiger partial charge in [0.05, 0.1) is 6.61 Å². The molecule has 20 heavy (non-hydrogen) atoms. The summed E-state index contributed by atoms with van der Waals surface area (Å²) in [6, 6.07) is 0. The molecule has 0 aromatic heterocycles. The zero-order valence-corrected chi connectivity index (χ0v) is 10.2. The van der Waals surface area contributed by atoms with Gasteiger partial charge in [0.25, 0.3) is 0 Å².